The maximum atomic E-state index is 13.1. The average molecular weight is 370 g/mol. The molecule has 0 aromatic heterocycles. The smallest absolute Gasteiger partial charge is 0.311 e. The molecule has 4 rings (SSSR count). The molecule has 0 saturated heterocycles. The average Bonchev–Trinajstić information content (AvgIpc) is 3.25. The molecule has 1 fully saturated rings. The molecule has 26 heavy (non-hydrogen) atoms. The van der Waals surface area contributed by atoms with E-state index in [1.165, 1.54) is 0 Å². The minimum Gasteiger partial charge on any atom is -0.466 e. The Balaban J connectivity index is 1.80. The number of halogens is 1. The maximum Gasteiger partial charge on any atom is 0.311 e. The maximum absolute atomic E-state index is 13.1. The zero-order valence-corrected chi connectivity index (χ0v) is 14.7. The van der Waals surface area contributed by atoms with Crippen molar-refractivity contribution in [1.82, 2.24) is 0 Å². The summed E-state index contributed by atoms with van der Waals surface area (Å²) in [5.41, 5.74) is 0.538. The van der Waals surface area contributed by atoms with Crippen LogP contribution < -0.4 is 5.32 Å². The van der Waals surface area contributed by atoms with Crippen LogP contribution in [-0.2, 0) is 19.7 Å². The van der Waals surface area contributed by atoms with Crippen molar-refractivity contribution >= 4 is 34.9 Å². The van der Waals surface area contributed by atoms with Crippen LogP contribution in [0.1, 0.15) is 22.8 Å². The molecule has 0 bridgehead atoms. The van der Waals surface area contributed by atoms with Crippen molar-refractivity contribution in [3.63, 3.8) is 0 Å². The van der Waals surface area contributed by atoms with Gasteiger partial charge in [0.1, 0.15) is 5.41 Å². The number of amides is 1. The first-order valence-corrected chi connectivity index (χ1v) is 8.77. The molecule has 6 heteroatoms. The third kappa shape index (κ3) is 2.20. The number of ketones is 1. The Kier molecular flexibility index (Phi) is 3.84. The highest BCUT2D eigenvalue weighted by atomic mass is 35.5. The van der Waals surface area contributed by atoms with E-state index in [-0.39, 0.29) is 18.3 Å². The fourth-order valence-electron chi connectivity index (χ4n) is 4.01. The van der Waals surface area contributed by atoms with Crippen LogP contribution in [0, 0.1) is 11.8 Å². The lowest BCUT2D eigenvalue weighted by Gasteiger charge is -2.08. The number of anilines is 1. The van der Waals surface area contributed by atoms with Gasteiger partial charge in [-0.1, -0.05) is 29.8 Å². The molecule has 0 unspecified atom stereocenters. The van der Waals surface area contributed by atoms with Crippen molar-refractivity contribution in [3.8, 4) is 0 Å². The molecule has 2 aromatic carbocycles. The number of hydrogen-bond donors (Lipinski definition) is 1. The van der Waals surface area contributed by atoms with Gasteiger partial charge in [-0.2, -0.15) is 0 Å². The van der Waals surface area contributed by atoms with E-state index in [1.807, 2.05) is 0 Å². The zero-order chi connectivity index (χ0) is 18.5. The number of carbonyl (C=O) groups excluding carboxylic acids is 3. The first-order chi connectivity index (χ1) is 12.5. The standard InChI is InChI=1S/C20H16ClNO4/c1-2-26-18(24)16-15(17(23)11-7-9-12(21)10-8-11)20(16)13-5-3-4-6-14(13)22-19(20)25/h3-10,15-16H,2H2,1H3,(H,22,25)/t15-,16-,20+/m1/s1. The summed E-state index contributed by atoms with van der Waals surface area (Å²) in [6.45, 7) is 1.89. The number of carbonyl (C=O) groups is 3. The molecule has 3 atom stereocenters. The van der Waals surface area contributed by atoms with E-state index in [1.54, 1.807) is 55.5 Å². The second kappa shape index (κ2) is 5.95. The fraction of sp³-hybridized carbons (Fsp3) is 0.250. The third-order valence-corrected chi connectivity index (χ3v) is 5.41. The molecule has 1 aliphatic heterocycles. The molecule has 0 radical (unpaired) electrons. The van der Waals surface area contributed by atoms with E-state index >= 15 is 0 Å². The largest absolute Gasteiger partial charge is 0.466 e. The lowest BCUT2D eigenvalue weighted by atomic mass is 9.91. The number of nitrogens with one attached hydrogen (secondary N) is 1. The Labute approximate surface area is 155 Å². The lowest BCUT2D eigenvalue weighted by Crippen LogP contribution is -2.26. The molecular weight excluding hydrogens is 354 g/mol. The molecule has 2 aromatic rings. The Morgan fingerprint density at radius 1 is 1.12 bits per heavy atom. The van der Waals surface area contributed by atoms with E-state index in [0.717, 1.165) is 0 Å². The number of Topliss-reactive ketones (excluding diaryl/α,β-unsaturated/α-hetero) is 1. The second-order valence-corrected chi connectivity index (χ2v) is 6.88. The Morgan fingerprint density at radius 3 is 2.50 bits per heavy atom. The number of rotatable bonds is 4. The van der Waals surface area contributed by atoms with Gasteiger partial charge in [-0.3, -0.25) is 14.4 Å². The highest BCUT2D eigenvalue weighted by molar-refractivity contribution is 6.30. The van der Waals surface area contributed by atoms with Gasteiger partial charge in [-0.25, -0.2) is 0 Å². The van der Waals surface area contributed by atoms with Crippen molar-refractivity contribution in [2.75, 3.05) is 11.9 Å². The Morgan fingerprint density at radius 2 is 1.81 bits per heavy atom. The van der Waals surface area contributed by atoms with E-state index in [2.05, 4.69) is 5.32 Å². The van der Waals surface area contributed by atoms with Gasteiger partial charge in [0.15, 0.2) is 5.78 Å². The Hall–Kier alpha value is -2.66. The number of hydrogen-bond acceptors (Lipinski definition) is 4. The quantitative estimate of drug-likeness (QED) is 0.663. The van der Waals surface area contributed by atoms with Crippen LogP contribution in [0.2, 0.25) is 5.02 Å². The van der Waals surface area contributed by atoms with E-state index < -0.39 is 23.2 Å². The van der Waals surface area contributed by atoms with Gasteiger partial charge in [0.05, 0.1) is 18.4 Å². The highest BCUT2D eigenvalue weighted by Gasteiger charge is 2.79. The Bertz CT molecular complexity index is 924. The second-order valence-electron chi connectivity index (χ2n) is 6.45. The van der Waals surface area contributed by atoms with Crippen molar-refractivity contribution < 1.29 is 19.1 Å². The molecule has 1 amide bonds. The topological polar surface area (TPSA) is 72.5 Å². The minimum absolute atomic E-state index is 0.191. The number of esters is 1. The van der Waals surface area contributed by atoms with Gasteiger partial charge in [0.2, 0.25) is 5.91 Å². The summed E-state index contributed by atoms with van der Waals surface area (Å²) >= 11 is 5.89. The van der Waals surface area contributed by atoms with Gasteiger partial charge in [-0.05, 0) is 42.8 Å². The lowest BCUT2D eigenvalue weighted by molar-refractivity contribution is -0.146. The van der Waals surface area contributed by atoms with Gasteiger partial charge < -0.3 is 10.1 Å². The predicted octanol–water partition coefficient (Wildman–Crippen LogP) is 3.22. The normalized spacial score (nSPS) is 25.5. The van der Waals surface area contributed by atoms with E-state index in [9.17, 15) is 14.4 Å². The summed E-state index contributed by atoms with van der Waals surface area (Å²) in [7, 11) is 0. The third-order valence-electron chi connectivity index (χ3n) is 5.15. The summed E-state index contributed by atoms with van der Waals surface area (Å²) in [6, 6.07) is 13.6. The van der Waals surface area contributed by atoms with Crippen LogP contribution >= 0.6 is 11.6 Å². The summed E-state index contributed by atoms with van der Waals surface area (Å²) < 4.78 is 5.16. The molecule has 1 spiro atoms. The SMILES string of the molecule is CCOC(=O)[C@H]1[C@H](C(=O)c2ccc(Cl)cc2)[C@]12C(=O)Nc1ccccc12. The van der Waals surface area contributed by atoms with Crippen LogP contribution in [0.15, 0.2) is 48.5 Å². The van der Waals surface area contributed by atoms with Crippen LogP contribution in [0.4, 0.5) is 5.69 Å². The van der Waals surface area contributed by atoms with Crippen LogP contribution in [0.25, 0.3) is 0 Å². The minimum atomic E-state index is -1.19. The molecule has 1 N–H and O–H groups in total. The molecule has 5 nitrogen and oxygen atoms in total. The molecule has 1 heterocycles. The summed E-state index contributed by atoms with van der Waals surface area (Å²) in [6.07, 6.45) is 0. The van der Waals surface area contributed by atoms with Gasteiger partial charge in [-0.15, -0.1) is 0 Å². The summed E-state index contributed by atoms with van der Waals surface area (Å²) in [4.78, 5) is 38.5. The highest BCUT2D eigenvalue weighted by Crippen LogP contribution is 2.65. The van der Waals surface area contributed by atoms with Crippen LogP contribution in [0.5, 0.6) is 0 Å². The summed E-state index contributed by atoms with van der Waals surface area (Å²) in [5.74, 6) is -2.72. The van der Waals surface area contributed by atoms with Crippen molar-refractivity contribution in [1.29, 1.82) is 0 Å². The number of benzene rings is 2. The van der Waals surface area contributed by atoms with Crippen LogP contribution in [-0.4, -0.2) is 24.3 Å². The molecule has 1 saturated carbocycles. The van der Waals surface area contributed by atoms with Gasteiger partial charge >= 0.3 is 5.97 Å². The number of para-hydroxylation sites is 1. The van der Waals surface area contributed by atoms with E-state index in [4.69, 9.17) is 16.3 Å². The summed E-state index contributed by atoms with van der Waals surface area (Å²) in [5, 5.41) is 3.31. The molecule has 1 aliphatic carbocycles. The molecular formula is C20H16ClNO4. The van der Waals surface area contributed by atoms with Gasteiger partial charge in [0, 0.05) is 16.3 Å². The van der Waals surface area contributed by atoms with Crippen molar-refractivity contribution in [2.45, 2.75) is 12.3 Å². The number of ether oxygens (including phenoxy) is 1. The molecule has 132 valence electrons. The zero-order valence-electron chi connectivity index (χ0n) is 14.0. The first-order valence-electron chi connectivity index (χ1n) is 8.39. The number of fused-ring (bicyclic) bond motifs is 2. The van der Waals surface area contributed by atoms with Gasteiger partial charge in [0.25, 0.3) is 0 Å². The fourth-order valence-corrected chi connectivity index (χ4v) is 4.14. The van der Waals surface area contributed by atoms with Crippen molar-refractivity contribution in [2.24, 2.45) is 11.8 Å². The molecule has 2 aliphatic rings. The first kappa shape index (κ1) is 16.8. The van der Waals surface area contributed by atoms with Crippen LogP contribution in [0.3, 0.4) is 0 Å². The van der Waals surface area contributed by atoms with Crippen molar-refractivity contribution in [3.05, 3.63) is 64.7 Å². The predicted molar refractivity (Wildman–Crippen MR) is 96.1 cm³/mol. The monoisotopic (exact) mass is 369 g/mol. The van der Waals surface area contributed by atoms with E-state index in [0.29, 0.717) is 21.8 Å².